The Hall–Kier alpha value is -1.55. The van der Waals surface area contributed by atoms with Gasteiger partial charge in [-0.2, -0.15) is 0 Å². The molecule has 20 heavy (non-hydrogen) atoms. The van der Waals surface area contributed by atoms with Gasteiger partial charge in [0.1, 0.15) is 0 Å². The quantitative estimate of drug-likeness (QED) is 0.862. The predicted octanol–water partition coefficient (Wildman–Crippen LogP) is 1.79. The highest BCUT2D eigenvalue weighted by Crippen LogP contribution is 2.23. The zero-order chi connectivity index (χ0) is 14.4. The number of nitrogens with zero attached hydrogens (tertiary/aromatic N) is 1. The molecule has 4 heteroatoms. The highest BCUT2D eigenvalue weighted by molar-refractivity contribution is 5.81. The molecule has 1 saturated carbocycles. The largest absolute Gasteiger partial charge is 0.396 e. The summed E-state index contributed by atoms with van der Waals surface area (Å²) in [6, 6.07) is 10.2. The van der Waals surface area contributed by atoms with Crippen molar-refractivity contribution in [1.29, 1.82) is 0 Å². The van der Waals surface area contributed by atoms with E-state index in [2.05, 4.69) is 5.32 Å². The number of likely N-dealkylation sites (N-methyl/N-ethyl adjacent to an activating group) is 1. The van der Waals surface area contributed by atoms with E-state index in [1.54, 1.807) is 0 Å². The van der Waals surface area contributed by atoms with Gasteiger partial charge in [0.05, 0.1) is 6.54 Å². The summed E-state index contributed by atoms with van der Waals surface area (Å²) < 4.78 is 0. The molecule has 110 valence electrons. The maximum Gasteiger partial charge on any atom is 0.239 e. The fraction of sp³-hybridized carbons (Fsp3) is 0.562. The first-order valence-electron chi connectivity index (χ1n) is 7.35. The monoisotopic (exact) mass is 276 g/mol. The third-order valence-electron chi connectivity index (χ3n) is 4.05. The summed E-state index contributed by atoms with van der Waals surface area (Å²) in [6.07, 6.45) is 3.98. The molecule has 0 heterocycles. The Morgan fingerprint density at radius 2 is 1.90 bits per heavy atom. The molecule has 1 aromatic carbocycles. The van der Waals surface area contributed by atoms with Gasteiger partial charge in [-0.25, -0.2) is 0 Å². The van der Waals surface area contributed by atoms with Crippen LogP contribution in [0.5, 0.6) is 0 Å². The number of hydrogen-bond acceptors (Lipinski definition) is 3. The Balaban J connectivity index is 1.76. The lowest BCUT2D eigenvalue weighted by molar-refractivity contribution is -0.120. The summed E-state index contributed by atoms with van der Waals surface area (Å²) in [4.78, 5) is 14.0. The maximum absolute atomic E-state index is 12.0. The third-order valence-corrected chi connectivity index (χ3v) is 4.05. The number of rotatable bonds is 5. The average molecular weight is 276 g/mol. The van der Waals surface area contributed by atoms with Crippen molar-refractivity contribution >= 4 is 11.6 Å². The molecule has 0 radical (unpaired) electrons. The molecule has 1 aliphatic carbocycles. The molecule has 0 aromatic heterocycles. The fourth-order valence-corrected chi connectivity index (χ4v) is 2.75. The van der Waals surface area contributed by atoms with Gasteiger partial charge in [0.2, 0.25) is 5.91 Å². The van der Waals surface area contributed by atoms with Crippen LogP contribution in [0.25, 0.3) is 0 Å². The zero-order valence-electron chi connectivity index (χ0n) is 12.1. The third kappa shape index (κ3) is 4.23. The first kappa shape index (κ1) is 14.9. The molecular weight excluding hydrogens is 252 g/mol. The van der Waals surface area contributed by atoms with Crippen LogP contribution in [-0.4, -0.2) is 37.3 Å². The Morgan fingerprint density at radius 3 is 2.50 bits per heavy atom. The minimum Gasteiger partial charge on any atom is -0.396 e. The molecule has 0 bridgehead atoms. The maximum atomic E-state index is 12.0. The Bertz CT molecular complexity index is 414. The van der Waals surface area contributed by atoms with E-state index in [4.69, 9.17) is 5.11 Å². The number of carbonyl (C=O) groups is 1. The van der Waals surface area contributed by atoms with E-state index in [9.17, 15) is 4.79 Å². The SMILES string of the molecule is CN(CC(=O)NC1CCC(CO)CC1)c1ccccc1. The Labute approximate surface area is 120 Å². The van der Waals surface area contributed by atoms with E-state index < -0.39 is 0 Å². The second kappa shape index (κ2) is 7.29. The van der Waals surface area contributed by atoms with Crippen molar-refractivity contribution in [3.8, 4) is 0 Å². The van der Waals surface area contributed by atoms with Crippen molar-refractivity contribution in [2.45, 2.75) is 31.7 Å². The topological polar surface area (TPSA) is 52.6 Å². The first-order valence-corrected chi connectivity index (χ1v) is 7.35. The minimum atomic E-state index is 0.0730. The van der Waals surface area contributed by atoms with Gasteiger partial charge in [0.25, 0.3) is 0 Å². The highest BCUT2D eigenvalue weighted by Gasteiger charge is 2.22. The molecule has 0 aliphatic heterocycles. The van der Waals surface area contributed by atoms with Crippen LogP contribution in [0.15, 0.2) is 30.3 Å². The van der Waals surface area contributed by atoms with E-state index in [0.717, 1.165) is 31.4 Å². The van der Waals surface area contributed by atoms with Crippen LogP contribution in [0.3, 0.4) is 0 Å². The predicted molar refractivity (Wildman–Crippen MR) is 80.7 cm³/mol. The zero-order valence-corrected chi connectivity index (χ0v) is 12.1. The number of para-hydroxylation sites is 1. The summed E-state index contributed by atoms with van der Waals surface area (Å²) >= 11 is 0. The molecular formula is C16H24N2O2. The van der Waals surface area contributed by atoms with Gasteiger partial charge >= 0.3 is 0 Å². The number of carbonyl (C=O) groups excluding carboxylic acids is 1. The Morgan fingerprint density at radius 1 is 1.25 bits per heavy atom. The van der Waals surface area contributed by atoms with Crippen molar-refractivity contribution in [3.05, 3.63) is 30.3 Å². The molecule has 0 spiro atoms. The highest BCUT2D eigenvalue weighted by atomic mass is 16.3. The molecule has 4 nitrogen and oxygen atoms in total. The van der Waals surface area contributed by atoms with Crippen LogP contribution in [0.2, 0.25) is 0 Å². The van der Waals surface area contributed by atoms with Crippen molar-refractivity contribution in [2.24, 2.45) is 5.92 Å². The molecule has 2 N–H and O–H groups in total. The summed E-state index contributed by atoms with van der Waals surface area (Å²) in [7, 11) is 1.93. The molecule has 2 rings (SSSR count). The minimum absolute atomic E-state index is 0.0730. The first-order chi connectivity index (χ1) is 9.69. The normalized spacial score (nSPS) is 22.3. The van der Waals surface area contributed by atoms with Crippen molar-refractivity contribution in [3.63, 3.8) is 0 Å². The second-order valence-electron chi connectivity index (χ2n) is 5.66. The van der Waals surface area contributed by atoms with Crippen LogP contribution >= 0.6 is 0 Å². The number of nitrogens with one attached hydrogen (secondary N) is 1. The van der Waals surface area contributed by atoms with Gasteiger partial charge in [0, 0.05) is 25.4 Å². The number of amides is 1. The summed E-state index contributed by atoms with van der Waals surface area (Å²) in [5.74, 6) is 0.499. The van der Waals surface area contributed by atoms with E-state index in [-0.39, 0.29) is 18.6 Å². The number of hydrogen-bond donors (Lipinski definition) is 2. The van der Waals surface area contributed by atoms with Gasteiger partial charge in [-0.1, -0.05) is 18.2 Å². The molecule has 1 aliphatic rings. The number of aliphatic hydroxyl groups is 1. The second-order valence-corrected chi connectivity index (χ2v) is 5.66. The van der Waals surface area contributed by atoms with Crippen LogP contribution in [0, 0.1) is 5.92 Å². The summed E-state index contributed by atoms with van der Waals surface area (Å²) in [5.41, 5.74) is 1.05. The van der Waals surface area contributed by atoms with E-state index in [1.165, 1.54) is 0 Å². The summed E-state index contributed by atoms with van der Waals surface area (Å²) in [6.45, 7) is 0.654. The fourth-order valence-electron chi connectivity index (χ4n) is 2.75. The number of benzene rings is 1. The lowest BCUT2D eigenvalue weighted by Crippen LogP contribution is -2.42. The van der Waals surface area contributed by atoms with Crippen molar-refractivity contribution in [2.75, 3.05) is 25.1 Å². The summed E-state index contributed by atoms with van der Waals surface area (Å²) in [5, 5.41) is 12.2. The number of anilines is 1. The van der Waals surface area contributed by atoms with Crippen LogP contribution in [0.4, 0.5) is 5.69 Å². The molecule has 1 fully saturated rings. The standard InChI is InChI=1S/C16H24N2O2/c1-18(15-5-3-2-4-6-15)11-16(20)17-14-9-7-13(12-19)8-10-14/h2-6,13-14,19H,7-12H2,1H3,(H,17,20). The van der Waals surface area contributed by atoms with Gasteiger partial charge in [-0.3, -0.25) is 4.79 Å². The van der Waals surface area contributed by atoms with Gasteiger partial charge in [0.15, 0.2) is 0 Å². The lowest BCUT2D eigenvalue weighted by Gasteiger charge is -2.28. The van der Waals surface area contributed by atoms with Crippen LogP contribution in [0.1, 0.15) is 25.7 Å². The van der Waals surface area contributed by atoms with Gasteiger partial charge in [-0.15, -0.1) is 0 Å². The average Bonchev–Trinajstić information content (AvgIpc) is 2.49. The van der Waals surface area contributed by atoms with Crippen LogP contribution in [-0.2, 0) is 4.79 Å². The van der Waals surface area contributed by atoms with E-state index in [1.807, 2.05) is 42.3 Å². The van der Waals surface area contributed by atoms with E-state index >= 15 is 0 Å². The van der Waals surface area contributed by atoms with Crippen molar-refractivity contribution < 1.29 is 9.90 Å². The van der Waals surface area contributed by atoms with Gasteiger partial charge < -0.3 is 15.3 Å². The lowest BCUT2D eigenvalue weighted by atomic mass is 9.86. The molecule has 1 aromatic rings. The molecule has 1 amide bonds. The molecule has 0 unspecified atom stereocenters. The molecule has 0 saturated heterocycles. The Kier molecular flexibility index (Phi) is 5.41. The van der Waals surface area contributed by atoms with Gasteiger partial charge in [-0.05, 0) is 43.7 Å². The molecule has 0 atom stereocenters. The smallest absolute Gasteiger partial charge is 0.239 e. The van der Waals surface area contributed by atoms with E-state index in [0.29, 0.717) is 12.5 Å². The van der Waals surface area contributed by atoms with Crippen molar-refractivity contribution in [1.82, 2.24) is 5.32 Å². The number of aliphatic hydroxyl groups excluding tert-OH is 1. The van der Waals surface area contributed by atoms with Crippen LogP contribution < -0.4 is 10.2 Å².